The normalized spacial score (nSPS) is 20.6. The molecular weight excluding hydrogens is 614 g/mol. The van der Waals surface area contributed by atoms with Crippen LogP contribution in [0.3, 0.4) is 0 Å². The van der Waals surface area contributed by atoms with E-state index in [2.05, 4.69) is 154 Å². The fourth-order valence-corrected chi connectivity index (χ4v) is 7.88. The predicted octanol–water partition coefficient (Wildman–Crippen LogP) is 9.08. The van der Waals surface area contributed by atoms with Crippen molar-refractivity contribution >= 4 is 25.2 Å². The molecule has 0 aromatic heterocycles. The maximum absolute atomic E-state index is 6.62. The molecule has 4 aromatic carbocycles. The Labute approximate surface area is 301 Å². The van der Waals surface area contributed by atoms with E-state index in [0.29, 0.717) is 0 Å². The minimum Gasteiger partial charge on any atom is -0.399 e. The predicted molar refractivity (Wildman–Crippen MR) is 208 cm³/mol. The third kappa shape index (κ3) is 5.71. The van der Waals surface area contributed by atoms with Gasteiger partial charge in [-0.15, -0.1) is 0 Å². The number of benzene rings is 4. The quantitative estimate of drug-likeness (QED) is 0.116. The molecule has 2 fully saturated rings. The number of unbranched alkanes of at least 4 members (excludes halogenated alkanes) is 3. The molecule has 4 nitrogen and oxygen atoms in total. The van der Waals surface area contributed by atoms with Crippen LogP contribution >= 0.6 is 0 Å². The highest BCUT2D eigenvalue weighted by molar-refractivity contribution is 6.62. The molecule has 0 unspecified atom stereocenters. The molecule has 4 aromatic rings. The average molecular weight is 669 g/mol. The number of rotatable bonds is 9. The van der Waals surface area contributed by atoms with E-state index in [0.717, 1.165) is 17.3 Å². The first-order chi connectivity index (χ1) is 23.6. The van der Waals surface area contributed by atoms with Crippen molar-refractivity contribution in [2.45, 2.75) is 129 Å². The molecule has 0 saturated carbocycles. The van der Waals surface area contributed by atoms with Crippen LogP contribution < -0.4 is 10.9 Å². The summed E-state index contributed by atoms with van der Waals surface area (Å²) in [5.41, 5.74) is 9.79. The van der Waals surface area contributed by atoms with Gasteiger partial charge in [0.1, 0.15) is 0 Å². The van der Waals surface area contributed by atoms with E-state index in [9.17, 15) is 0 Å². The third-order valence-electron chi connectivity index (χ3n) is 12.4. The zero-order valence-electron chi connectivity index (χ0n) is 31.9. The number of fused-ring (bicyclic) bond motifs is 3. The van der Waals surface area contributed by atoms with Gasteiger partial charge >= 0.3 is 14.2 Å². The molecule has 260 valence electrons. The molecule has 0 radical (unpaired) electrons. The van der Waals surface area contributed by atoms with Crippen LogP contribution in [0.2, 0.25) is 0 Å². The SMILES string of the molecule is CCCCCCc1ccc(C2(c3ccc(C)cc3)c3cc(B4OC(C)(C)C(C)(C)O4)ccc3-c3ccc(B4OC(C)(C)C(C)(C)O4)cc32)cc1. The first-order valence-electron chi connectivity index (χ1n) is 18.8. The molecule has 6 heteroatoms. The molecule has 2 aliphatic heterocycles. The van der Waals surface area contributed by atoms with Gasteiger partial charge in [-0.3, -0.25) is 0 Å². The maximum Gasteiger partial charge on any atom is 0.494 e. The highest BCUT2D eigenvalue weighted by Crippen LogP contribution is 2.56. The zero-order valence-corrected chi connectivity index (χ0v) is 31.9. The van der Waals surface area contributed by atoms with Crippen LogP contribution in [0.5, 0.6) is 0 Å². The molecule has 3 aliphatic rings. The lowest BCUT2D eigenvalue weighted by atomic mass is 9.65. The maximum atomic E-state index is 6.62. The lowest BCUT2D eigenvalue weighted by Gasteiger charge is -2.34. The van der Waals surface area contributed by atoms with Gasteiger partial charge in [0.25, 0.3) is 0 Å². The summed E-state index contributed by atoms with van der Waals surface area (Å²) in [6.45, 7) is 21.4. The third-order valence-corrected chi connectivity index (χ3v) is 12.4. The van der Waals surface area contributed by atoms with Crippen LogP contribution in [0.15, 0.2) is 84.9 Å². The van der Waals surface area contributed by atoms with Crippen molar-refractivity contribution in [2.75, 3.05) is 0 Å². The van der Waals surface area contributed by atoms with Gasteiger partial charge in [0.2, 0.25) is 0 Å². The lowest BCUT2D eigenvalue weighted by molar-refractivity contribution is 0.00578. The van der Waals surface area contributed by atoms with Crippen LogP contribution in [0, 0.1) is 6.92 Å². The summed E-state index contributed by atoms with van der Waals surface area (Å²) in [7, 11) is -0.925. The van der Waals surface area contributed by atoms with Crippen LogP contribution in [-0.4, -0.2) is 36.6 Å². The van der Waals surface area contributed by atoms with Gasteiger partial charge in [-0.2, -0.15) is 0 Å². The largest absolute Gasteiger partial charge is 0.494 e. The monoisotopic (exact) mass is 668 g/mol. The van der Waals surface area contributed by atoms with Gasteiger partial charge in [-0.25, -0.2) is 0 Å². The van der Waals surface area contributed by atoms with Crippen molar-refractivity contribution in [3.05, 3.63) is 118 Å². The van der Waals surface area contributed by atoms with Gasteiger partial charge in [-0.1, -0.05) is 117 Å². The molecule has 0 N–H and O–H groups in total. The lowest BCUT2D eigenvalue weighted by Crippen LogP contribution is -2.41. The Morgan fingerprint density at radius 1 is 0.500 bits per heavy atom. The Kier molecular flexibility index (Phi) is 8.82. The Hall–Kier alpha value is -3.15. The molecule has 0 bridgehead atoms. The standard InChI is InChI=1S/C44H54B2O4/c1-11-12-13-14-15-31-18-22-33(23-19-31)44(32-20-16-30(2)17-21-32)38-28-34(45-47-40(3,4)41(5,6)48-45)24-26-36(38)37-27-25-35(29-39(37)44)46-49-42(7,8)43(9,10)50-46/h16-29H,11-15H2,1-10H3. The fourth-order valence-electron chi connectivity index (χ4n) is 7.88. The highest BCUT2D eigenvalue weighted by Gasteiger charge is 2.55. The van der Waals surface area contributed by atoms with E-state index < -0.39 is 42.1 Å². The molecule has 7 rings (SSSR count). The smallest absolute Gasteiger partial charge is 0.399 e. The van der Waals surface area contributed by atoms with Crippen molar-refractivity contribution in [3.8, 4) is 11.1 Å². The Balaban J connectivity index is 1.43. The highest BCUT2D eigenvalue weighted by atomic mass is 16.7. The van der Waals surface area contributed by atoms with Gasteiger partial charge in [-0.05, 0) is 125 Å². The first kappa shape index (κ1) is 35.3. The second-order valence-electron chi connectivity index (χ2n) is 16.9. The summed E-state index contributed by atoms with van der Waals surface area (Å²) < 4.78 is 26.5. The van der Waals surface area contributed by atoms with Crippen LogP contribution in [0.1, 0.15) is 121 Å². The van der Waals surface area contributed by atoms with E-state index >= 15 is 0 Å². The molecule has 0 atom stereocenters. The second kappa shape index (κ2) is 12.5. The summed E-state index contributed by atoms with van der Waals surface area (Å²) in [4.78, 5) is 0. The summed E-state index contributed by atoms with van der Waals surface area (Å²) in [6.07, 6.45) is 6.13. The van der Waals surface area contributed by atoms with Gasteiger partial charge in [0.15, 0.2) is 0 Å². The van der Waals surface area contributed by atoms with Crippen LogP contribution in [-0.2, 0) is 30.5 Å². The van der Waals surface area contributed by atoms with E-state index in [-0.39, 0.29) is 0 Å². The van der Waals surface area contributed by atoms with Crippen molar-refractivity contribution < 1.29 is 18.6 Å². The van der Waals surface area contributed by atoms with Crippen molar-refractivity contribution in [1.29, 1.82) is 0 Å². The van der Waals surface area contributed by atoms with Crippen molar-refractivity contribution in [2.24, 2.45) is 0 Å². The molecule has 50 heavy (non-hydrogen) atoms. The van der Waals surface area contributed by atoms with E-state index in [1.807, 2.05) is 0 Å². The van der Waals surface area contributed by atoms with Crippen LogP contribution in [0.4, 0.5) is 0 Å². The first-order valence-corrected chi connectivity index (χ1v) is 18.8. The molecule has 2 saturated heterocycles. The van der Waals surface area contributed by atoms with Gasteiger partial charge in [0.05, 0.1) is 27.8 Å². The molecule has 0 amide bonds. The minimum absolute atomic E-state index is 0.432. The van der Waals surface area contributed by atoms with E-state index in [4.69, 9.17) is 18.6 Å². The number of aryl methyl sites for hydroxylation is 2. The Morgan fingerprint density at radius 2 is 0.920 bits per heavy atom. The van der Waals surface area contributed by atoms with Crippen molar-refractivity contribution in [3.63, 3.8) is 0 Å². The van der Waals surface area contributed by atoms with Gasteiger partial charge in [0, 0.05) is 0 Å². The molecule has 0 spiro atoms. The van der Waals surface area contributed by atoms with E-state index in [1.54, 1.807) is 0 Å². The molecule has 2 heterocycles. The number of hydrogen-bond donors (Lipinski definition) is 0. The van der Waals surface area contributed by atoms with Crippen molar-refractivity contribution in [1.82, 2.24) is 0 Å². The fraction of sp³-hybridized carbons (Fsp3) is 0.455. The average Bonchev–Trinajstić information content (AvgIpc) is 3.58. The molecular formula is C44H54B2O4. The van der Waals surface area contributed by atoms with Crippen LogP contribution in [0.25, 0.3) is 11.1 Å². The molecule has 1 aliphatic carbocycles. The van der Waals surface area contributed by atoms with E-state index in [1.165, 1.54) is 70.2 Å². The summed E-state index contributed by atoms with van der Waals surface area (Å²) in [5, 5.41) is 0. The minimum atomic E-state index is -0.585. The second-order valence-corrected chi connectivity index (χ2v) is 16.9. The summed E-state index contributed by atoms with van der Waals surface area (Å²) >= 11 is 0. The zero-order chi connectivity index (χ0) is 35.7. The van der Waals surface area contributed by atoms with Gasteiger partial charge < -0.3 is 18.6 Å². The summed E-state index contributed by atoms with van der Waals surface area (Å²) in [5.74, 6) is 0. The number of hydrogen-bond acceptors (Lipinski definition) is 4. The Bertz CT molecular complexity index is 1760. The summed E-state index contributed by atoms with van der Waals surface area (Å²) in [6, 6.07) is 32.2. The Morgan fingerprint density at radius 3 is 1.34 bits per heavy atom. The topological polar surface area (TPSA) is 36.9 Å².